The number of benzene rings is 1. The molecule has 94 valence electrons. The molecule has 1 aromatic carbocycles. The normalized spacial score (nSPS) is 10.6. The van der Waals surface area contributed by atoms with Crippen molar-refractivity contribution in [2.24, 2.45) is 0 Å². The molecule has 1 N–H and O–H groups in total. The van der Waals surface area contributed by atoms with Crippen molar-refractivity contribution in [3.63, 3.8) is 0 Å². The molecule has 0 bridgehead atoms. The first-order valence-electron chi connectivity index (χ1n) is 6.01. The number of hydrogen-bond donors (Lipinski definition) is 1. The van der Waals surface area contributed by atoms with Crippen molar-refractivity contribution in [2.75, 3.05) is 5.75 Å². The van der Waals surface area contributed by atoms with Crippen molar-refractivity contribution in [3.05, 3.63) is 59.4 Å². The number of aryl methyl sites for hydroxylation is 1. The second-order valence-corrected chi connectivity index (χ2v) is 5.49. The van der Waals surface area contributed by atoms with Gasteiger partial charge < -0.3 is 4.98 Å². The van der Waals surface area contributed by atoms with Crippen molar-refractivity contribution in [3.8, 4) is 0 Å². The summed E-state index contributed by atoms with van der Waals surface area (Å²) in [6.45, 7) is 8.02. The van der Waals surface area contributed by atoms with Gasteiger partial charge in [0, 0.05) is 17.9 Å². The van der Waals surface area contributed by atoms with Gasteiger partial charge in [0.05, 0.1) is 5.69 Å². The topological polar surface area (TPSA) is 28.7 Å². The van der Waals surface area contributed by atoms with Crippen LogP contribution in [0.3, 0.4) is 0 Å². The van der Waals surface area contributed by atoms with Crippen LogP contribution in [-0.2, 0) is 6.42 Å². The van der Waals surface area contributed by atoms with Crippen molar-refractivity contribution < 1.29 is 0 Å². The summed E-state index contributed by atoms with van der Waals surface area (Å²) in [5.74, 6) is 0.914. The summed E-state index contributed by atoms with van der Waals surface area (Å²) in [7, 11) is 0. The number of nitrogens with one attached hydrogen (secondary N) is 1. The van der Waals surface area contributed by atoms with Crippen molar-refractivity contribution in [2.45, 2.75) is 25.4 Å². The van der Waals surface area contributed by atoms with Crippen molar-refractivity contribution in [1.29, 1.82) is 0 Å². The Hall–Kier alpha value is -1.48. The highest BCUT2D eigenvalue weighted by atomic mass is 32.2. The van der Waals surface area contributed by atoms with E-state index < -0.39 is 0 Å². The molecule has 18 heavy (non-hydrogen) atoms. The molecule has 0 atom stereocenters. The van der Waals surface area contributed by atoms with Crippen molar-refractivity contribution in [1.82, 2.24) is 9.97 Å². The summed E-state index contributed by atoms with van der Waals surface area (Å²) in [5.41, 5.74) is 4.75. The van der Waals surface area contributed by atoms with E-state index in [1.807, 2.05) is 13.0 Å². The Labute approximate surface area is 113 Å². The van der Waals surface area contributed by atoms with Gasteiger partial charge in [-0.2, -0.15) is 0 Å². The Balaban J connectivity index is 2.07. The van der Waals surface area contributed by atoms with Gasteiger partial charge in [-0.05, 0) is 19.4 Å². The highest BCUT2D eigenvalue weighted by molar-refractivity contribution is 7.99. The van der Waals surface area contributed by atoms with Crippen LogP contribution in [0.2, 0.25) is 0 Å². The molecular formula is C15H18N2S. The molecule has 0 aliphatic heterocycles. The van der Waals surface area contributed by atoms with Crippen LogP contribution in [0, 0.1) is 6.92 Å². The van der Waals surface area contributed by atoms with Crippen LogP contribution in [0.5, 0.6) is 0 Å². The van der Waals surface area contributed by atoms with E-state index in [2.05, 4.69) is 47.7 Å². The lowest BCUT2D eigenvalue weighted by Gasteiger charge is -1.98. The zero-order valence-corrected chi connectivity index (χ0v) is 11.7. The van der Waals surface area contributed by atoms with Gasteiger partial charge in [0.1, 0.15) is 0 Å². The molecule has 0 fully saturated rings. The molecule has 2 nitrogen and oxygen atoms in total. The van der Waals surface area contributed by atoms with Crippen LogP contribution in [0.1, 0.15) is 23.9 Å². The Kier molecular flexibility index (Phi) is 4.26. The summed E-state index contributed by atoms with van der Waals surface area (Å²) in [6.07, 6.45) is 0.886. The maximum atomic E-state index is 4.64. The Bertz CT molecular complexity index is 529. The predicted molar refractivity (Wildman–Crippen MR) is 78.1 cm³/mol. The van der Waals surface area contributed by atoms with Crippen LogP contribution in [0.25, 0.3) is 0 Å². The van der Waals surface area contributed by atoms with Gasteiger partial charge in [0.25, 0.3) is 0 Å². The van der Waals surface area contributed by atoms with Crippen LogP contribution >= 0.6 is 11.8 Å². The maximum Gasteiger partial charge on any atom is 0.166 e. The Morgan fingerprint density at radius 1 is 1.33 bits per heavy atom. The number of hydrogen-bond acceptors (Lipinski definition) is 2. The molecule has 0 spiro atoms. The van der Waals surface area contributed by atoms with Gasteiger partial charge in [-0.3, -0.25) is 0 Å². The molecule has 0 aliphatic carbocycles. The lowest BCUT2D eigenvalue weighted by molar-refractivity contribution is 1.01. The van der Waals surface area contributed by atoms with Crippen LogP contribution in [-0.4, -0.2) is 15.7 Å². The van der Waals surface area contributed by atoms with Gasteiger partial charge in [-0.1, -0.05) is 54.2 Å². The van der Waals surface area contributed by atoms with Crippen LogP contribution in [0.4, 0.5) is 0 Å². The van der Waals surface area contributed by atoms with E-state index in [-0.39, 0.29) is 0 Å². The fourth-order valence-corrected chi connectivity index (χ4v) is 2.47. The molecule has 0 saturated carbocycles. The minimum atomic E-state index is 0.886. The Morgan fingerprint density at radius 3 is 2.72 bits per heavy atom. The summed E-state index contributed by atoms with van der Waals surface area (Å²) >= 11 is 1.71. The first kappa shape index (κ1) is 13.0. The number of thioether (sulfide) groups is 1. The first-order chi connectivity index (χ1) is 8.65. The number of H-pyrrole nitrogens is 1. The van der Waals surface area contributed by atoms with Gasteiger partial charge in [-0.15, -0.1) is 0 Å². The summed E-state index contributed by atoms with van der Waals surface area (Å²) in [4.78, 5) is 7.97. The minimum Gasteiger partial charge on any atom is -0.337 e. The smallest absolute Gasteiger partial charge is 0.166 e. The van der Waals surface area contributed by atoms with E-state index in [4.69, 9.17) is 0 Å². The van der Waals surface area contributed by atoms with Crippen LogP contribution < -0.4 is 0 Å². The molecule has 3 heteroatoms. The molecule has 0 aliphatic rings. The number of aromatic amines is 1. The zero-order chi connectivity index (χ0) is 13.0. The molecule has 2 aromatic rings. The molecule has 0 unspecified atom stereocenters. The van der Waals surface area contributed by atoms with Gasteiger partial charge >= 0.3 is 0 Å². The second-order valence-electron chi connectivity index (χ2n) is 4.52. The standard InChI is InChI=1S/C15H18N2S/c1-11(2)10-18-15-16-12(3)14(17-15)9-13-7-5-4-6-8-13/h4-8H,1,9-10H2,2-3H3,(H,16,17). The second kappa shape index (κ2) is 5.91. The average molecular weight is 258 g/mol. The van der Waals surface area contributed by atoms with Gasteiger partial charge in [0.2, 0.25) is 0 Å². The minimum absolute atomic E-state index is 0.886. The van der Waals surface area contributed by atoms with Crippen molar-refractivity contribution >= 4 is 11.8 Å². The van der Waals surface area contributed by atoms with E-state index in [0.29, 0.717) is 0 Å². The highest BCUT2D eigenvalue weighted by Gasteiger charge is 2.07. The molecule has 0 radical (unpaired) electrons. The molecule has 0 amide bonds. The summed E-state index contributed by atoms with van der Waals surface area (Å²) in [6, 6.07) is 10.4. The summed E-state index contributed by atoms with van der Waals surface area (Å²) < 4.78 is 0. The molecule has 1 heterocycles. The largest absolute Gasteiger partial charge is 0.337 e. The van der Waals surface area contributed by atoms with E-state index in [1.165, 1.54) is 11.1 Å². The lowest BCUT2D eigenvalue weighted by Crippen LogP contribution is -1.90. The lowest BCUT2D eigenvalue weighted by atomic mass is 10.1. The molecule has 2 rings (SSSR count). The summed E-state index contributed by atoms with van der Waals surface area (Å²) in [5, 5.41) is 0.987. The third kappa shape index (κ3) is 3.50. The van der Waals surface area contributed by atoms with E-state index in [9.17, 15) is 0 Å². The van der Waals surface area contributed by atoms with Gasteiger partial charge in [-0.25, -0.2) is 4.98 Å². The number of nitrogens with zero attached hydrogens (tertiary/aromatic N) is 1. The van der Waals surface area contributed by atoms with E-state index >= 15 is 0 Å². The number of imidazole rings is 1. The van der Waals surface area contributed by atoms with Gasteiger partial charge in [0.15, 0.2) is 5.16 Å². The van der Waals surface area contributed by atoms with E-state index in [1.54, 1.807) is 11.8 Å². The molecule has 0 saturated heterocycles. The monoisotopic (exact) mass is 258 g/mol. The molecule has 1 aromatic heterocycles. The Morgan fingerprint density at radius 2 is 2.06 bits per heavy atom. The quantitative estimate of drug-likeness (QED) is 0.649. The van der Waals surface area contributed by atoms with E-state index in [0.717, 1.165) is 28.7 Å². The third-order valence-corrected chi connectivity index (χ3v) is 3.74. The SMILES string of the molecule is C=C(C)CSc1nc(Cc2ccccc2)c(C)[nH]1. The number of rotatable bonds is 5. The molecular weight excluding hydrogens is 240 g/mol. The highest BCUT2D eigenvalue weighted by Crippen LogP contribution is 2.20. The third-order valence-electron chi connectivity index (χ3n) is 2.63. The fourth-order valence-electron chi connectivity index (χ4n) is 1.69. The zero-order valence-electron chi connectivity index (χ0n) is 10.9. The van der Waals surface area contributed by atoms with Crippen LogP contribution in [0.15, 0.2) is 47.6 Å². The maximum absolute atomic E-state index is 4.64. The fraction of sp³-hybridized carbons (Fsp3) is 0.267. The first-order valence-corrected chi connectivity index (χ1v) is 7.00. The average Bonchev–Trinajstić information content (AvgIpc) is 2.69. The number of aromatic nitrogens is 2. The predicted octanol–water partition coefficient (Wildman–Crippen LogP) is 3.98.